The maximum absolute atomic E-state index is 11.4. The molecule has 0 spiro atoms. The van der Waals surface area contributed by atoms with Gasteiger partial charge in [0.25, 0.3) is 0 Å². The average molecular weight is 276 g/mol. The quantitative estimate of drug-likeness (QED) is 0.734. The fourth-order valence-corrected chi connectivity index (χ4v) is 2.77. The highest BCUT2D eigenvalue weighted by Crippen LogP contribution is 2.37. The lowest BCUT2D eigenvalue weighted by Gasteiger charge is -2.20. The minimum atomic E-state index is 0.0484. The van der Waals surface area contributed by atoms with Crippen molar-refractivity contribution in [2.75, 3.05) is 0 Å². The van der Waals surface area contributed by atoms with E-state index in [1.54, 1.807) is 12.1 Å². The molecule has 1 aliphatic rings. The summed E-state index contributed by atoms with van der Waals surface area (Å²) in [6.07, 6.45) is 2.61. The highest BCUT2D eigenvalue weighted by Gasteiger charge is 2.23. The van der Waals surface area contributed by atoms with Crippen LogP contribution in [0.3, 0.4) is 0 Å². The van der Waals surface area contributed by atoms with Gasteiger partial charge in [0.2, 0.25) is 0 Å². The second-order valence-electron chi connectivity index (χ2n) is 3.83. The van der Waals surface area contributed by atoms with Crippen LogP contribution >= 0.6 is 34.8 Å². The third-order valence-corrected chi connectivity index (χ3v) is 3.43. The second-order valence-corrected chi connectivity index (χ2v) is 5.16. The van der Waals surface area contributed by atoms with Crippen LogP contribution in [0, 0.1) is 0 Å². The molecule has 0 radical (unpaired) electrons. The predicted octanol–water partition coefficient (Wildman–Crippen LogP) is 4.56. The van der Waals surface area contributed by atoms with E-state index in [0.717, 1.165) is 5.56 Å². The number of allylic oxidation sites excluding steroid dienone is 2. The summed E-state index contributed by atoms with van der Waals surface area (Å²) in [4.78, 5) is 11.4. The summed E-state index contributed by atoms with van der Waals surface area (Å²) >= 11 is 17.8. The van der Waals surface area contributed by atoms with E-state index in [4.69, 9.17) is 34.8 Å². The number of hydrogen-bond acceptors (Lipinski definition) is 1. The number of halogens is 3. The molecule has 1 atom stereocenters. The lowest BCUT2D eigenvalue weighted by Crippen LogP contribution is -2.11. The zero-order chi connectivity index (χ0) is 11.7. The van der Waals surface area contributed by atoms with Gasteiger partial charge in [0, 0.05) is 21.5 Å². The van der Waals surface area contributed by atoms with E-state index in [1.807, 2.05) is 6.07 Å². The molecule has 0 aromatic heterocycles. The van der Waals surface area contributed by atoms with Crippen molar-refractivity contribution in [3.8, 4) is 0 Å². The molecule has 1 aromatic rings. The van der Waals surface area contributed by atoms with Crippen molar-refractivity contribution in [1.29, 1.82) is 0 Å². The van der Waals surface area contributed by atoms with E-state index >= 15 is 0 Å². The van der Waals surface area contributed by atoms with Gasteiger partial charge in [-0.3, -0.25) is 4.79 Å². The number of benzene rings is 1. The Hall–Kier alpha value is -0.500. The first-order valence-corrected chi connectivity index (χ1v) is 6.03. The van der Waals surface area contributed by atoms with E-state index in [1.165, 1.54) is 6.08 Å². The molecule has 1 aliphatic carbocycles. The first-order valence-electron chi connectivity index (χ1n) is 4.90. The van der Waals surface area contributed by atoms with E-state index in [9.17, 15) is 4.79 Å². The molecule has 0 unspecified atom stereocenters. The molecule has 2 rings (SSSR count). The first-order chi connectivity index (χ1) is 7.56. The van der Waals surface area contributed by atoms with Gasteiger partial charge in [-0.2, -0.15) is 0 Å². The molecule has 0 N–H and O–H groups in total. The zero-order valence-corrected chi connectivity index (χ0v) is 10.6. The molecule has 0 fully saturated rings. The Bertz CT molecular complexity index is 465. The van der Waals surface area contributed by atoms with Gasteiger partial charge in [0.1, 0.15) is 0 Å². The van der Waals surface area contributed by atoms with Gasteiger partial charge in [-0.15, -0.1) is 0 Å². The predicted molar refractivity (Wildman–Crippen MR) is 67.4 cm³/mol. The third-order valence-electron chi connectivity index (χ3n) is 2.61. The molecular formula is C12H9Cl3O. The van der Waals surface area contributed by atoms with Crippen LogP contribution in [0.15, 0.2) is 29.3 Å². The molecule has 84 valence electrons. The highest BCUT2D eigenvalue weighted by molar-refractivity contribution is 6.35. The summed E-state index contributed by atoms with van der Waals surface area (Å²) < 4.78 is 0. The Balaban J connectivity index is 2.32. The number of rotatable bonds is 1. The fraction of sp³-hybridized carbons (Fsp3) is 0.250. The Morgan fingerprint density at radius 1 is 1.12 bits per heavy atom. The summed E-state index contributed by atoms with van der Waals surface area (Å²) in [6, 6.07) is 5.33. The topological polar surface area (TPSA) is 17.1 Å². The van der Waals surface area contributed by atoms with Crippen molar-refractivity contribution in [3.05, 3.63) is 44.9 Å². The van der Waals surface area contributed by atoms with Crippen LogP contribution in [-0.4, -0.2) is 5.78 Å². The molecule has 1 aromatic carbocycles. The lowest BCUT2D eigenvalue weighted by molar-refractivity contribution is -0.115. The molecule has 0 bridgehead atoms. The van der Waals surface area contributed by atoms with Crippen molar-refractivity contribution >= 4 is 40.6 Å². The lowest BCUT2D eigenvalue weighted by atomic mass is 9.87. The number of carbonyl (C=O) groups excluding carboxylic acids is 1. The van der Waals surface area contributed by atoms with Crippen LogP contribution in [0.25, 0.3) is 0 Å². The summed E-state index contributed by atoms with van der Waals surface area (Å²) in [5, 5.41) is 1.78. The monoisotopic (exact) mass is 274 g/mol. The smallest absolute Gasteiger partial charge is 0.157 e. The summed E-state index contributed by atoms with van der Waals surface area (Å²) in [5.74, 6) is 0.113. The van der Waals surface area contributed by atoms with Crippen LogP contribution in [-0.2, 0) is 4.79 Å². The van der Waals surface area contributed by atoms with Crippen LogP contribution in [0.2, 0.25) is 10.0 Å². The molecule has 4 heteroatoms. The third kappa shape index (κ3) is 2.60. The maximum atomic E-state index is 11.4. The van der Waals surface area contributed by atoms with Crippen LogP contribution in [0.4, 0.5) is 0 Å². The highest BCUT2D eigenvalue weighted by atomic mass is 35.5. The zero-order valence-electron chi connectivity index (χ0n) is 8.34. The molecular weight excluding hydrogens is 266 g/mol. The Kier molecular flexibility index (Phi) is 3.58. The van der Waals surface area contributed by atoms with E-state index in [-0.39, 0.29) is 11.7 Å². The Labute approximate surface area is 109 Å². The number of hydrogen-bond donors (Lipinski definition) is 0. The minimum absolute atomic E-state index is 0.0484. The minimum Gasteiger partial charge on any atom is -0.295 e. The maximum Gasteiger partial charge on any atom is 0.157 e. The SMILES string of the molecule is O=C1C=C(Cl)C[C@@H](c2ccc(Cl)cc2Cl)C1. The van der Waals surface area contributed by atoms with Gasteiger partial charge in [0.15, 0.2) is 5.78 Å². The standard InChI is InChI=1S/C12H9Cl3O/c13-8-1-2-11(12(15)6-8)7-3-9(14)5-10(16)4-7/h1-2,5-7H,3-4H2/t7-/m1/s1. The Morgan fingerprint density at radius 3 is 2.50 bits per heavy atom. The van der Waals surface area contributed by atoms with Gasteiger partial charge in [-0.05, 0) is 36.1 Å². The van der Waals surface area contributed by atoms with Gasteiger partial charge >= 0.3 is 0 Å². The molecule has 16 heavy (non-hydrogen) atoms. The van der Waals surface area contributed by atoms with Gasteiger partial charge in [-0.25, -0.2) is 0 Å². The molecule has 1 nitrogen and oxygen atoms in total. The Morgan fingerprint density at radius 2 is 1.88 bits per heavy atom. The van der Waals surface area contributed by atoms with E-state index in [0.29, 0.717) is 27.9 Å². The number of carbonyl (C=O) groups is 1. The van der Waals surface area contributed by atoms with Gasteiger partial charge in [-0.1, -0.05) is 40.9 Å². The summed E-state index contributed by atoms with van der Waals surface area (Å²) in [7, 11) is 0. The van der Waals surface area contributed by atoms with Crippen molar-refractivity contribution in [1.82, 2.24) is 0 Å². The molecule has 0 amide bonds. The van der Waals surface area contributed by atoms with Crippen molar-refractivity contribution < 1.29 is 4.79 Å². The van der Waals surface area contributed by atoms with Crippen LogP contribution in [0.5, 0.6) is 0 Å². The number of ketones is 1. The van der Waals surface area contributed by atoms with Crippen molar-refractivity contribution in [3.63, 3.8) is 0 Å². The van der Waals surface area contributed by atoms with Crippen LogP contribution in [0.1, 0.15) is 24.3 Å². The van der Waals surface area contributed by atoms with Crippen molar-refractivity contribution in [2.24, 2.45) is 0 Å². The first kappa shape index (κ1) is 12.0. The normalized spacial score (nSPS) is 20.8. The molecule has 0 saturated heterocycles. The second kappa shape index (κ2) is 4.79. The summed E-state index contributed by atoms with van der Waals surface area (Å²) in [6.45, 7) is 0. The molecule has 0 heterocycles. The van der Waals surface area contributed by atoms with Crippen LogP contribution < -0.4 is 0 Å². The van der Waals surface area contributed by atoms with Crippen molar-refractivity contribution in [2.45, 2.75) is 18.8 Å². The van der Waals surface area contributed by atoms with E-state index < -0.39 is 0 Å². The van der Waals surface area contributed by atoms with Gasteiger partial charge in [0.05, 0.1) is 0 Å². The molecule has 0 saturated carbocycles. The van der Waals surface area contributed by atoms with Gasteiger partial charge < -0.3 is 0 Å². The molecule has 0 aliphatic heterocycles. The largest absolute Gasteiger partial charge is 0.295 e. The fourth-order valence-electron chi connectivity index (χ4n) is 1.90. The average Bonchev–Trinajstić information content (AvgIpc) is 2.15. The van der Waals surface area contributed by atoms with E-state index in [2.05, 4.69) is 0 Å². The summed E-state index contributed by atoms with van der Waals surface area (Å²) in [5.41, 5.74) is 0.936.